The number of hydrogen-bond donors (Lipinski definition) is 0. The summed E-state index contributed by atoms with van der Waals surface area (Å²) >= 11 is 0. The van der Waals surface area contributed by atoms with Crippen LogP contribution < -0.4 is 0 Å². The first-order chi connectivity index (χ1) is 8.13. The zero-order chi connectivity index (χ0) is 12.4. The summed E-state index contributed by atoms with van der Waals surface area (Å²) < 4.78 is 1.23. The van der Waals surface area contributed by atoms with Crippen LogP contribution >= 0.6 is 0 Å². The van der Waals surface area contributed by atoms with Crippen LogP contribution in [0.1, 0.15) is 11.4 Å². The number of rotatable bonds is 2. The number of hydrogen-bond acceptors (Lipinski definition) is 5. The second-order valence-electron chi connectivity index (χ2n) is 3.32. The lowest BCUT2D eigenvalue weighted by atomic mass is 10.2. The number of nitro benzene ring substituents is 1. The lowest BCUT2D eigenvalue weighted by Gasteiger charge is -2.03. The van der Waals surface area contributed by atoms with E-state index < -0.39 is 4.92 Å². The van der Waals surface area contributed by atoms with Crippen molar-refractivity contribution in [3.63, 3.8) is 0 Å². The van der Waals surface area contributed by atoms with E-state index in [0.717, 1.165) is 0 Å². The Labute approximate surface area is 96.1 Å². The van der Waals surface area contributed by atoms with E-state index in [9.17, 15) is 10.1 Å². The summed E-state index contributed by atoms with van der Waals surface area (Å²) in [5.74, 6) is -0.0270. The van der Waals surface area contributed by atoms with Crippen LogP contribution in [0.5, 0.6) is 0 Å². The van der Waals surface area contributed by atoms with Crippen molar-refractivity contribution in [1.82, 2.24) is 14.8 Å². The minimum Gasteiger partial charge on any atom is -0.258 e. The molecule has 17 heavy (non-hydrogen) atoms. The third-order valence-corrected chi connectivity index (χ3v) is 2.24. The molecule has 0 radical (unpaired) electrons. The molecule has 0 spiro atoms. The Kier molecular flexibility index (Phi) is 2.54. The monoisotopic (exact) mass is 229 g/mol. The highest BCUT2D eigenvalue weighted by Gasteiger charge is 2.19. The van der Waals surface area contributed by atoms with Gasteiger partial charge in [-0.2, -0.15) is 5.26 Å². The molecule has 2 rings (SSSR count). The molecule has 1 heterocycles. The van der Waals surface area contributed by atoms with Crippen LogP contribution in [0.3, 0.4) is 0 Å². The molecular formula is C10H7N5O2. The zero-order valence-electron chi connectivity index (χ0n) is 8.86. The molecule has 1 aromatic carbocycles. The van der Waals surface area contributed by atoms with Crippen LogP contribution in [0.15, 0.2) is 24.5 Å². The first kappa shape index (κ1) is 10.8. The summed E-state index contributed by atoms with van der Waals surface area (Å²) in [5, 5.41) is 23.4. The number of nitrogens with zero attached hydrogens (tertiary/aromatic N) is 5. The summed E-state index contributed by atoms with van der Waals surface area (Å²) in [4.78, 5) is 14.2. The number of aryl methyl sites for hydroxylation is 1. The highest BCUT2D eigenvalue weighted by atomic mass is 16.6. The Balaban J connectivity index is 2.63. The number of nitriles is 1. The van der Waals surface area contributed by atoms with E-state index in [0.29, 0.717) is 11.3 Å². The maximum Gasteiger partial charge on any atom is 0.297 e. The molecule has 0 atom stereocenters. The van der Waals surface area contributed by atoms with Crippen molar-refractivity contribution in [2.45, 2.75) is 6.92 Å². The topological polar surface area (TPSA) is 97.6 Å². The average molecular weight is 229 g/mol. The third kappa shape index (κ3) is 1.83. The Morgan fingerprint density at radius 3 is 2.88 bits per heavy atom. The first-order valence-electron chi connectivity index (χ1n) is 4.69. The normalized spacial score (nSPS) is 9.88. The lowest BCUT2D eigenvalue weighted by molar-refractivity contribution is -0.385. The van der Waals surface area contributed by atoms with Gasteiger partial charge in [-0.05, 0) is 13.0 Å². The smallest absolute Gasteiger partial charge is 0.258 e. The van der Waals surface area contributed by atoms with Crippen LogP contribution in [0.4, 0.5) is 5.69 Å². The lowest BCUT2D eigenvalue weighted by Crippen LogP contribution is -2.02. The molecule has 0 aliphatic heterocycles. The Morgan fingerprint density at radius 1 is 1.53 bits per heavy atom. The minimum absolute atomic E-state index is 0.0270. The Hall–Kier alpha value is -2.75. The molecule has 0 fully saturated rings. The quantitative estimate of drug-likeness (QED) is 0.571. The van der Waals surface area contributed by atoms with E-state index in [1.54, 1.807) is 31.2 Å². The van der Waals surface area contributed by atoms with Gasteiger partial charge >= 0.3 is 0 Å². The van der Waals surface area contributed by atoms with Crippen LogP contribution in [0, 0.1) is 28.4 Å². The molecule has 0 bridgehead atoms. The second-order valence-corrected chi connectivity index (χ2v) is 3.32. The standard InChI is InChI=1S/C10H7N5O2/c1-7-3-2-4-8(10(7)15(16)17)14-6-12-9(5-11)13-14/h2-4,6H,1H3. The molecule has 0 aliphatic carbocycles. The molecule has 7 heteroatoms. The number of benzene rings is 1. The van der Waals surface area contributed by atoms with Crippen molar-refractivity contribution in [2.75, 3.05) is 0 Å². The molecule has 0 aliphatic rings. The van der Waals surface area contributed by atoms with Crippen molar-refractivity contribution in [1.29, 1.82) is 5.26 Å². The summed E-state index contributed by atoms with van der Waals surface area (Å²) in [6, 6.07) is 6.65. The van der Waals surface area contributed by atoms with Gasteiger partial charge in [-0.15, -0.1) is 5.10 Å². The number of para-hydroxylation sites is 1. The van der Waals surface area contributed by atoms with Gasteiger partial charge < -0.3 is 0 Å². The van der Waals surface area contributed by atoms with Crippen molar-refractivity contribution >= 4 is 5.69 Å². The van der Waals surface area contributed by atoms with E-state index in [-0.39, 0.29) is 11.5 Å². The molecule has 0 amide bonds. The average Bonchev–Trinajstić information content (AvgIpc) is 2.76. The van der Waals surface area contributed by atoms with Gasteiger partial charge in [0.1, 0.15) is 18.1 Å². The van der Waals surface area contributed by atoms with Crippen molar-refractivity contribution < 1.29 is 4.92 Å². The van der Waals surface area contributed by atoms with E-state index in [1.165, 1.54) is 11.0 Å². The van der Waals surface area contributed by atoms with Crippen LogP contribution in [-0.2, 0) is 0 Å². The van der Waals surface area contributed by atoms with E-state index in [4.69, 9.17) is 5.26 Å². The summed E-state index contributed by atoms with van der Waals surface area (Å²) in [7, 11) is 0. The molecule has 84 valence electrons. The van der Waals surface area contributed by atoms with Crippen molar-refractivity contribution in [3.8, 4) is 11.8 Å². The highest BCUT2D eigenvalue weighted by Crippen LogP contribution is 2.25. The molecule has 0 saturated heterocycles. The minimum atomic E-state index is -0.474. The van der Waals surface area contributed by atoms with Crippen molar-refractivity contribution in [2.24, 2.45) is 0 Å². The molecule has 1 aromatic heterocycles. The number of nitro groups is 1. The predicted octanol–water partition coefficient (Wildman–Crippen LogP) is 1.36. The molecule has 7 nitrogen and oxygen atoms in total. The Morgan fingerprint density at radius 2 is 2.29 bits per heavy atom. The molecule has 2 aromatic rings. The van der Waals surface area contributed by atoms with Gasteiger partial charge in [-0.25, -0.2) is 9.67 Å². The fourth-order valence-corrected chi connectivity index (χ4v) is 1.50. The Bertz CT molecular complexity index is 626. The maximum absolute atomic E-state index is 11.0. The fourth-order valence-electron chi connectivity index (χ4n) is 1.50. The van der Waals surface area contributed by atoms with E-state index in [1.807, 2.05) is 0 Å². The predicted molar refractivity (Wildman–Crippen MR) is 57.5 cm³/mol. The highest BCUT2D eigenvalue weighted by molar-refractivity contribution is 5.56. The van der Waals surface area contributed by atoms with E-state index in [2.05, 4.69) is 10.1 Å². The van der Waals surface area contributed by atoms with Crippen LogP contribution in [0.25, 0.3) is 5.69 Å². The summed E-state index contributed by atoms with van der Waals surface area (Å²) in [6.07, 6.45) is 1.28. The first-order valence-corrected chi connectivity index (χ1v) is 4.69. The molecule has 0 unspecified atom stereocenters. The van der Waals surface area contributed by atoms with Crippen LogP contribution in [-0.4, -0.2) is 19.7 Å². The van der Waals surface area contributed by atoms with Gasteiger partial charge in [0.15, 0.2) is 0 Å². The summed E-state index contributed by atoms with van der Waals surface area (Å²) in [5.41, 5.74) is 0.785. The fraction of sp³-hybridized carbons (Fsp3) is 0.100. The summed E-state index contributed by atoms with van der Waals surface area (Å²) in [6.45, 7) is 1.64. The van der Waals surface area contributed by atoms with Crippen molar-refractivity contribution in [3.05, 3.63) is 46.0 Å². The molecular weight excluding hydrogens is 222 g/mol. The molecule has 0 N–H and O–H groups in total. The van der Waals surface area contributed by atoms with Gasteiger partial charge in [-0.3, -0.25) is 10.1 Å². The van der Waals surface area contributed by atoms with Gasteiger partial charge in [-0.1, -0.05) is 12.1 Å². The van der Waals surface area contributed by atoms with E-state index >= 15 is 0 Å². The van der Waals surface area contributed by atoms with Gasteiger partial charge in [0, 0.05) is 5.56 Å². The largest absolute Gasteiger partial charge is 0.297 e. The second kappa shape index (κ2) is 4.02. The zero-order valence-corrected chi connectivity index (χ0v) is 8.86. The van der Waals surface area contributed by atoms with Crippen LogP contribution in [0.2, 0.25) is 0 Å². The third-order valence-electron chi connectivity index (χ3n) is 2.24. The SMILES string of the molecule is Cc1cccc(-n2cnc(C#N)n2)c1[N+](=O)[O-]. The van der Waals surface area contributed by atoms with Gasteiger partial charge in [0.25, 0.3) is 11.5 Å². The van der Waals surface area contributed by atoms with Gasteiger partial charge in [0.05, 0.1) is 4.92 Å². The van der Waals surface area contributed by atoms with Gasteiger partial charge in [0.2, 0.25) is 0 Å². The maximum atomic E-state index is 11.0. The molecule has 0 saturated carbocycles. The number of aromatic nitrogens is 3.